The molecule has 1 N–H and O–H groups in total. The summed E-state index contributed by atoms with van der Waals surface area (Å²) in [5, 5.41) is 2.75. The van der Waals surface area contributed by atoms with Gasteiger partial charge in [0, 0.05) is 17.4 Å². The first kappa shape index (κ1) is 16.5. The van der Waals surface area contributed by atoms with Gasteiger partial charge >= 0.3 is 5.97 Å². The molecular weight excluding hydrogens is 326 g/mol. The summed E-state index contributed by atoms with van der Waals surface area (Å²) in [5.41, 5.74) is 0.465. The number of hydrogen-bond donors (Lipinski definition) is 1. The van der Waals surface area contributed by atoms with Crippen LogP contribution < -0.4 is 10.1 Å². The summed E-state index contributed by atoms with van der Waals surface area (Å²) in [6.07, 6.45) is 0.842. The molecule has 110 valence electrons. The molecule has 0 spiro atoms. The molecule has 0 heterocycles. The standard InChI is InChI=1S/C14H18BrNO4/c1-3-20-13(17)5-4-8-16-14(18)11-7-6-10(15)9-12(11)19-2/h6-7,9H,3-5,8H2,1-2H3,(H,16,18). The van der Waals surface area contributed by atoms with E-state index in [-0.39, 0.29) is 11.9 Å². The molecule has 1 aromatic carbocycles. The molecule has 1 aromatic rings. The van der Waals surface area contributed by atoms with Gasteiger partial charge in [-0.15, -0.1) is 0 Å². The third-order valence-corrected chi connectivity index (χ3v) is 3.05. The van der Waals surface area contributed by atoms with Crippen molar-refractivity contribution in [3.8, 4) is 5.75 Å². The van der Waals surface area contributed by atoms with Gasteiger partial charge < -0.3 is 14.8 Å². The van der Waals surface area contributed by atoms with Crippen LogP contribution in [0.2, 0.25) is 0 Å². The fourth-order valence-electron chi connectivity index (χ4n) is 1.62. The van der Waals surface area contributed by atoms with Crippen LogP contribution >= 0.6 is 15.9 Å². The summed E-state index contributed by atoms with van der Waals surface area (Å²) in [6, 6.07) is 5.19. The zero-order chi connectivity index (χ0) is 15.0. The Kier molecular flexibility index (Phi) is 7.08. The number of methoxy groups -OCH3 is 1. The highest BCUT2D eigenvalue weighted by Gasteiger charge is 2.12. The van der Waals surface area contributed by atoms with E-state index in [2.05, 4.69) is 21.2 Å². The molecule has 0 aliphatic rings. The molecule has 1 rings (SSSR count). The summed E-state index contributed by atoms with van der Waals surface area (Å²) in [7, 11) is 1.51. The van der Waals surface area contributed by atoms with E-state index < -0.39 is 0 Å². The van der Waals surface area contributed by atoms with E-state index >= 15 is 0 Å². The van der Waals surface area contributed by atoms with Crippen molar-refractivity contribution < 1.29 is 19.1 Å². The van der Waals surface area contributed by atoms with Gasteiger partial charge in [-0.3, -0.25) is 9.59 Å². The number of benzene rings is 1. The summed E-state index contributed by atoms with van der Waals surface area (Å²) < 4.78 is 10.8. The minimum atomic E-state index is -0.247. The number of ether oxygens (including phenoxy) is 2. The number of nitrogens with one attached hydrogen (secondary N) is 1. The van der Waals surface area contributed by atoms with Crippen molar-refractivity contribution in [1.29, 1.82) is 0 Å². The molecule has 0 saturated carbocycles. The Bertz CT molecular complexity index is 476. The molecule has 0 fully saturated rings. The third kappa shape index (κ3) is 5.21. The Morgan fingerprint density at radius 2 is 2.10 bits per heavy atom. The number of halogens is 1. The van der Waals surface area contributed by atoms with E-state index in [1.807, 2.05) is 0 Å². The quantitative estimate of drug-likeness (QED) is 0.610. The van der Waals surface area contributed by atoms with Gasteiger partial charge in [0.05, 0.1) is 19.3 Å². The lowest BCUT2D eigenvalue weighted by Gasteiger charge is -2.09. The lowest BCUT2D eigenvalue weighted by Crippen LogP contribution is -2.25. The topological polar surface area (TPSA) is 64.6 Å². The van der Waals surface area contributed by atoms with Crippen LogP contribution in [0.5, 0.6) is 5.75 Å². The monoisotopic (exact) mass is 343 g/mol. The first-order valence-electron chi connectivity index (χ1n) is 6.35. The van der Waals surface area contributed by atoms with E-state index in [1.165, 1.54) is 7.11 Å². The number of amides is 1. The van der Waals surface area contributed by atoms with Gasteiger partial charge in [0.2, 0.25) is 0 Å². The van der Waals surface area contributed by atoms with Crippen LogP contribution in [0, 0.1) is 0 Å². The number of carbonyl (C=O) groups excluding carboxylic acids is 2. The van der Waals surface area contributed by atoms with Crippen LogP contribution in [0.25, 0.3) is 0 Å². The lowest BCUT2D eigenvalue weighted by atomic mass is 10.2. The first-order chi connectivity index (χ1) is 9.58. The minimum absolute atomic E-state index is 0.224. The Labute approximate surface area is 126 Å². The van der Waals surface area contributed by atoms with E-state index in [1.54, 1.807) is 25.1 Å². The first-order valence-corrected chi connectivity index (χ1v) is 7.15. The molecule has 0 unspecified atom stereocenters. The number of rotatable bonds is 7. The van der Waals surface area contributed by atoms with Crippen molar-refractivity contribution in [2.75, 3.05) is 20.3 Å². The van der Waals surface area contributed by atoms with E-state index in [9.17, 15) is 9.59 Å². The van der Waals surface area contributed by atoms with Crippen molar-refractivity contribution in [3.05, 3.63) is 28.2 Å². The van der Waals surface area contributed by atoms with Crippen molar-refractivity contribution in [1.82, 2.24) is 5.32 Å². The van der Waals surface area contributed by atoms with Crippen molar-refractivity contribution >= 4 is 27.8 Å². The normalized spacial score (nSPS) is 9.95. The number of hydrogen-bond acceptors (Lipinski definition) is 4. The highest BCUT2D eigenvalue weighted by molar-refractivity contribution is 9.10. The van der Waals surface area contributed by atoms with Crippen LogP contribution in [0.15, 0.2) is 22.7 Å². The van der Waals surface area contributed by atoms with Gasteiger partial charge in [0.1, 0.15) is 5.75 Å². The second kappa shape index (κ2) is 8.58. The van der Waals surface area contributed by atoms with Gasteiger partial charge in [-0.2, -0.15) is 0 Å². The lowest BCUT2D eigenvalue weighted by molar-refractivity contribution is -0.143. The summed E-state index contributed by atoms with van der Waals surface area (Å²) in [4.78, 5) is 23.1. The van der Waals surface area contributed by atoms with Crippen LogP contribution in [-0.2, 0) is 9.53 Å². The molecule has 0 aliphatic carbocycles. The minimum Gasteiger partial charge on any atom is -0.496 e. The van der Waals surface area contributed by atoms with Gasteiger partial charge in [0.15, 0.2) is 0 Å². The second-order valence-corrected chi connectivity index (χ2v) is 4.92. The average molecular weight is 344 g/mol. The fourth-order valence-corrected chi connectivity index (χ4v) is 1.96. The van der Waals surface area contributed by atoms with Crippen molar-refractivity contribution in [2.45, 2.75) is 19.8 Å². The predicted molar refractivity (Wildman–Crippen MR) is 78.9 cm³/mol. The van der Waals surface area contributed by atoms with E-state index in [4.69, 9.17) is 9.47 Å². The molecule has 0 atom stereocenters. The number of carbonyl (C=O) groups is 2. The Hall–Kier alpha value is -1.56. The van der Waals surface area contributed by atoms with Crippen LogP contribution in [0.4, 0.5) is 0 Å². The highest BCUT2D eigenvalue weighted by Crippen LogP contribution is 2.23. The molecular formula is C14H18BrNO4. The highest BCUT2D eigenvalue weighted by atomic mass is 79.9. The third-order valence-electron chi connectivity index (χ3n) is 2.56. The van der Waals surface area contributed by atoms with Crippen LogP contribution in [0.1, 0.15) is 30.1 Å². The van der Waals surface area contributed by atoms with E-state index in [0.717, 1.165) is 4.47 Å². The largest absolute Gasteiger partial charge is 0.496 e. The predicted octanol–water partition coefficient (Wildman–Crippen LogP) is 2.53. The summed E-state index contributed by atoms with van der Waals surface area (Å²) in [5.74, 6) is 0.0310. The van der Waals surface area contributed by atoms with Gasteiger partial charge in [-0.25, -0.2) is 0 Å². The van der Waals surface area contributed by atoms with Crippen molar-refractivity contribution in [3.63, 3.8) is 0 Å². The molecule has 0 aromatic heterocycles. The van der Waals surface area contributed by atoms with Gasteiger partial charge in [-0.05, 0) is 31.5 Å². The molecule has 5 nitrogen and oxygen atoms in total. The molecule has 1 amide bonds. The summed E-state index contributed by atoms with van der Waals surface area (Å²) in [6.45, 7) is 2.55. The number of esters is 1. The summed E-state index contributed by atoms with van der Waals surface area (Å²) >= 11 is 3.32. The maximum atomic E-state index is 12.0. The van der Waals surface area contributed by atoms with Crippen LogP contribution in [-0.4, -0.2) is 32.1 Å². The molecule has 20 heavy (non-hydrogen) atoms. The Morgan fingerprint density at radius 3 is 2.75 bits per heavy atom. The average Bonchev–Trinajstić information content (AvgIpc) is 2.43. The maximum absolute atomic E-state index is 12.0. The molecule has 0 aliphatic heterocycles. The SMILES string of the molecule is CCOC(=O)CCCNC(=O)c1ccc(Br)cc1OC. The fraction of sp³-hybridized carbons (Fsp3) is 0.429. The molecule has 0 radical (unpaired) electrons. The molecule has 0 saturated heterocycles. The Morgan fingerprint density at radius 1 is 1.35 bits per heavy atom. The molecule has 0 bridgehead atoms. The van der Waals surface area contributed by atoms with E-state index in [0.29, 0.717) is 37.3 Å². The zero-order valence-corrected chi connectivity index (χ0v) is 13.2. The zero-order valence-electron chi connectivity index (χ0n) is 11.6. The van der Waals surface area contributed by atoms with Gasteiger partial charge in [0.25, 0.3) is 5.91 Å². The Balaban J connectivity index is 2.45. The van der Waals surface area contributed by atoms with Crippen molar-refractivity contribution in [2.24, 2.45) is 0 Å². The van der Waals surface area contributed by atoms with Gasteiger partial charge in [-0.1, -0.05) is 15.9 Å². The second-order valence-electron chi connectivity index (χ2n) is 4.01. The molecule has 6 heteroatoms. The van der Waals surface area contributed by atoms with Crippen LogP contribution in [0.3, 0.4) is 0 Å². The smallest absolute Gasteiger partial charge is 0.305 e. The maximum Gasteiger partial charge on any atom is 0.305 e.